The maximum Gasteiger partial charge on any atom is 0.335 e. The molecular formula is C15H17N3O4. The fourth-order valence-corrected chi connectivity index (χ4v) is 1.99. The molecule has 0 bridgehead atoms. The molecule has 22 heavy (non-hydrogen) atoms. The van der Waals surface area contributed by atoms with Gasteiger partial charge in [0.2, 0.25) is 0 Å². The van der Waals surface area contributed by atoms with Crippen LogP contribution in [-0.2, 0) is 6.54 Å². The number of carboxylic acid groups (broad SMARTS) is 1. The molecule has 0 saturated heterocycles. The zero-order valence-electron chi connectivity index (χ0n) is 12.4. The molecule has 0 radical (unpaired) electrons. The largest absolute Gasteiger partial charge is 0.497 e. The third-order valence-electron chi connectivity index (χ3n) is 3.04. The molecule has 7 heteroatoms. The molecule has 1 amide bonds. The smallest absolute Gasteiger partial charge is 0.335 e. The Balaban J connectivity index is 2.27. The van der Waals surface area contributed by atoms with Crippen molar-refractivity contribution in [3.05, 3.63) is 41.6 Å². The normalized spacial score (nSPS) is 10.3. The standard InChI is InChI=1S/C15H17N3O4/c1-3-6-18-13(4-5-16-18)17-14(19)10-7-11(15(20)21)9-12(8-10)22-2/h4-5,7-9H,3,6H2,1-2H3,(H,17,19)(H,20,21). The molecule has 1 aromatic carbocycles. The van der Waals surface area contributed by atoms with Crippen molar-refractivity contribution in [2.75, 3.05) is 12.4 Å². The molecule has 0 unspecified atom stereocenters. The highest BCUT2D eigenvalue weighted by molar-refractivity contribution is 6.05. The van der Waals surface area contributed by atoms with Gasteiger partial charge in [-0.2, -0.15) is 5.10 Å². The lowest BCUT2D eigenvalue weighted by atomic mass is 10.1. The first kappa shape index (κ1) is 15.6. The molecule has 116 valence electrons. The molecule has 0 saturated carbocycles. The van der Waals surface area contributed by atoms with Crippen LogP contribution in [0.5, 0.6) is 5.75 Å². The minimum absolute atomic E-state index is 0.00781. The molecule has 0 fully saturated rings. The molecule has 0 aliphatic carbocycles. The van der Waals surface area contributed by atoms with Gasteiger partial charge < -0.3 is 15.2 Å². The maximum absolute atomic E-state index is 12.3. The van der Waals surface area contributed by atoms with Crippen LogP contribution in [0, 0.1) is 0 Å². The van der Waals surface area contributed by atoms with E-state index in [1.165, 1.54) is 25.3 Å². The number of carbonyl (C=O) groups is 2. The van der Waals surface area contributed by atoms with Crippen molar-refractivity contribution in [2.45, 2.75) is 19.9 Å². The van der Waals surface area contributed by atoms with Crippen LogP contribution in [0.25, 0.3) is 0 Å². The number of aromatic nitrogens is 2. The number of methoxy groups -OCH3 is 1. The SMILES string of the molecule is CCCn1nccc1NC(=O)c1cc(OC)cc(C(=O)O)c1. The number of ether oxygens (including phenoxy) is 1. The lowest BCUT2D eigenvalue weighted by molar-refractivity contribution is 0.0696. The minimum Gasteiger partial charge on any atom is -0.497 e. The average molecular weight is 303 g/mol. The summed E-state index contributed by atoms with van der Waals surface area (Å²) in [6, 6.07) is 5.84. The van der Waals surface area contributed by atoms with Crippen molar-refractivity contribution < 1.29 is 19.4 Å². The summed E-state index contributed by atoms with van der Waals surface area (Å²) in [5.74, 6) is -0.665. The minimum atomic E-state index is -1.12. The third-order valence-corrected chi connectivity index (χ3v) is 3.04. The van der Waals surface area contributed by atoms with E-state index in [1.54, 1.807) is 16.9 Å². The van der Waals surface area contributed by atoms with E-state index in [9.17, 15) is 9.59 Å². The number of nitrogens with zero attached hydrogens (tertiary/aromatic N) is 2. The summed E-state index contributed by atoms with van der Waals surface area (Å²) in [6.07, 6.45) is 2.48. The van der Waals surface area contributed by atoms with Crippen LogP contribution >= 0.6 is 0 Å². The van der Waals surface area contributed by atoms with E-state index in [0.717, 1.165) is 6.42 Å². The van der Waals surface area contributed by atoms with Gasteiger partial charge in [0.05, 0.1) is 18.9 Å². The number of amides is 1. The third kappa shape index (κ3) is 3.43. The number of hydrogen-bond donors (Lipinski definition) is 2. The Hall–Kier alpha value is -2.83. The highest BCUT2D eigenvalue weighted by atomic mass is 16.5. The van der Waals surface area contributed by atoms with Crippen LogP contribution in [0.3, 0.4) is 0 Å². The Kier molecular flexibility index (Phi) is 4.77. The summed E-state index contributed by atoms with van der Waals surface area (Å²) >= 11 is 0. The van der Waals surface area contributed by atoms with Gasteiger partial charge in [-0.25, -0.2) is 9.48 Å². The number of rotatable bonds is 6. The molecule has 7 nitrogen and oxygen atoms in total. The van der Waals surface area contributed by atoms with Gasteiger partial charge in [0.25, 0.3) is 5.91 Å². The second-order valence-electron chi connectivity index (χ2n) is 4.65. The van der Waals surface area contributed by atoms with Gasteiger partial charge in [0.15, 0.2) is 0 Å². The number of nitrogens with one attached hydrogen (secondary N) is 1. The summed E-state index contributed by atoms with van der Waals surface area (Å²) in [6.45, 7) is 2.69. The second kappa shape index (κ2) is 6.75. The summed E-state index contributed by atoms with van der Waals surface area (Å²) < 4.78 is 6.71. The molecule has 1 heterocycles. The van der Waals surface area contributed by atoms with Gasteiger partial charge in [-0.1, -0.05) is 6.92 Å². The fraction of sp³-hybridized carbons (Fsp3) is 0.267. The monoisotopic (exact) mass is 303 g/mol. The Bertz CT molecular complexity index is 694. The van der Waals surface area contributed by atoms with Gasteiger partial charge >= 0.3 is 5.97 Å². The summed E-state index contributed by atoms with van der Waals surface area (Å²) in [5.41, 5.74) is 0.201. The van der Waals surface area contributed by atoms with Crippen molar-refractivity contribution in [3.8, 4) is 5.75 Å². The molecule has 2 N–H and O–H groups in total. The first-order valence-electron chi connectivity index (χ1n) is 6.80. The Morgan fingerprint density at radius 2 is 2.05 bits per heavy atom. The van der Waals surface area contributed by atoms with E-state index in [1.807, 2.05) is 6.92 Å². The van der Waals surface area contributed by atoms with Crippen LogP contribution in [0.15, 0.2) is 30.5 Å². The van der Waals surface area contributed by atoms with Crippen molar-refractivity contribution in [1.29, 1.82) is 0 Å². The Morgan fingerprint density at radius 3 is 2.68 bits per heavy atom. The predicted octanol–water partition coefficient (Wildman–Crippen LogP) is 2.25. The summed E-state index contributed by atoms with van der Waals surface area (Å²) in [4.78, 5) is 23.4. The number of carboxylic acids is 1. The molecule has 2 rings (SSSR count). The lowest BCUT2D eigenvalue weighted by Crippen LogP contribution is -2.16. The molecule has 0 atom stereocenters. The molecule has 1 aromatic heterocycles. The summed E-state index contributed by atoms with van der Waals surface area (Å²) in [7, 11) is 1.42. The first-order chi connectivity index (χ1) is 10.5. The first-order valence-corrected chi connectivity index (χ1v) is 6.80. The Labute approximate surface area is 127 Å². The molecular weight excluding hydrogens is 286 g/mol. The summed E-state index contributed by atoms with van der Waals surface area (Å²) in [5, 5.41) is 15.9. The highest BCUT2D eigenvalue weighted by Crippen LogP contribution is 2.18. The maximum atomic E-state index is 12.3. The lowest BCUT2D eigenvalue weighted by Gasteiger charge is -2.10. The quantitative estimate of drug-likeness (QED) is 0.853. The van der Waals surface area contributed by atoms with Crippen LogP contribution in [0.4, 0.5) is 5.82 Å². The van der Waals surface area contributed by atoms with Crippen LogP contribution in [0.2, 0.25) is 0 Å². The van der Waals surface area contributed by atoms with Gasteiger partial charge in [-0.15, -0.1) is 0 Å². The average Bonchev–Trinajstić information content (AvgIpc) is 2.94. The van der Waals surface area contributed by atoms with Crippen molar-refractivity contribution in [3.63, 3.8) is 0 Å². The van der Waals surface area contributed by atoms with Crippen molar-refractivity contribution >= 4 is 17.7 Å². The number of benzene rings is 1. The van der Waals surface area contributed by atoms with Gasteiger partial charge in [-0.3, -0.25) is 4.79 Å². The van der Waals surface area contributed by atoms with E-state index in [2.05, 4.69) is 10.4 Å². The van der Waals surface area contributed by atoms with Crippen LogP contribution in [0.1, 0.15) is 34.1 Å². The van der Waals surface area contributed by atoms with Crippen LogP contribution in [-0.4, -0.2) is 33.9 Å². The topological polar surface area (TPSA) is 93.5 Å². The molecule has 0 spiro atoms. The van der Waals surface area contributed by atoms with E-state index < -0.39 is 11.9 Å². The fourth-order valence-electron chi connectivity index (χ4n) is 1.99. The second-order valence-corrected chi connectivity index (χ2v) is 4.65. The van der Waals surface area contributed by atoms with Crippen molar-refractivity contribution in [2.24, 2.45) is 0 Å². The van der Waals surface area contributed by atoms with E-state index in [0.29, 0.717) is 18.1 Å². The zero-order chi connectivity index (χ0) is 16.1. The predicted molar refractivity (Wildman–Crippen MR) is 80.4 cm³/mol. The van der Waals surface area contributed by atoms with Crippen LogP contribution < -0.4 is 10.1 Å². The van der Waals surface area contributed by atoms with E-state index in [4.69, 9.17) is 9.84 Å². The number of carbonyl (C=O) groups excluding carboxylic acids is 1. The van der Waals surface area contributed by atoms with Gasteiger partial charge in [0.1, 0.15) is 11.6 Å². The van der Waals surface area contributed by atoms with Crippen molar-refractivity contribution in [1.82, 2.24) is 9.78 Å². The number of hydrogen-bond acceptors (Lipinski definition) is 4. The molecule has 2 aromatic rings. The van der Waals surface area contributed by atoms with Gasteiger partial charge in [0, 0.05) is 18.2 Å². The number of aromatic carboxylic acids is 1. The Morgan fingerprint density at radius 1 is 1.32 bits per heavy atom. The molecule has 0 aliphatic rings. The highest BCUT2D eigenvalue weighted by Gasteiger charge is 2.14. The van der Waals surface area contributed by atoms with E-state index in [-0.39, 0.29) is 11.1 Å². The zero-order valence-corrected chi connectivity index (χ0v) is 12.4. The molecule has 0 aliphatic heterocycles. The number of anilines is 1. The van der Waals surface area contributed by atoms with Gasteiger partial charge in [-0.05, 0) is 24.6 Å². The van der Waals surface area contributed by atoms with E-state index >= 15 is 0 Å². The number of aryl methyl sites for hydroxylation is 1.